The number of ether oxygens (including phenoxy) is 2. The maximum Gasteiger partial charge on any atom is 0.331 e. The first-order valence-corrected chi connectivity index (χ1v) is 8.40. The number of benzene rings is 1. The van der Waals surface area contributed by atoms with Crippen molar-refractivity contribution < 1.29 is 23.9 Å². The van der Waals surface area contributed by atoms with Crippen LogP contribution in [0.25, 0.3) is 6.08 Å². The van der Waals surface area contributed by atoms with E-state index in [0.29, 0.717) is 35.2 Å². The number of nitrogens with one attached hydrogen (secondary N) is 1. The molecular formula is C17H19Cl2NO5. The summed E-state index contributed by atoms with van der Waals surface area (Å²) in [5.41, 5.74) is 0.564. The van der Waals surface area contributed by atoms with E-state index < -0.39 is 18.5 Å². The van der Waals surface area contributed by atoms with Gasteiger partial charge >= 0.3 is 11.9 Å². The molecular weight excluding hydrogens is 369 g/mol. The van der Waals surface area contributed by atoms with Crippen LogP contribution in [-0.2, 0) is 23.9 Å². The van der Waals surface area contributed by atoms with E-state index in [0.717, 1.165) is 6.08 Å². The second-order valence-electron chi connectivity index (χ2n) is 4.84. The molecule has 136 valence electrons. The molecule has 0 bridgehead atoms. The molecule has 6 nitrogen and oxygen atoms in total. The highest BCUT2D eigenvalue weighted by Gasteiger charge is 2.07. The lowest BCUT2D eigenvalue weighted by atomic mass is 10.2. The smallest absolute Gasteiger partial charge is 0.331 e. The van der Waals surface area contributed by atoms with Crippen molar-refractivity contribution in [3.63, 3.8) is 0 Å². The molecule has 0 heterocycles. The first-order chi connectivity index (χ1) is 11.9. The zero-order chi connectivity index (χ0) is 18.7. The Hall–Kier alpha value is -2.05. The molecule has 1 aromatic carbocycles. The van der Waals surface area contributed by atoms with E-state index in [9.17, 15) is 14.4 Å². The highest BCUT2D eigenvalue weighted by Crippen LogP contribution is 2.26. The Morgan fingerprint density at radius 1 is 1.20 bits per heavy atom. The summed E-state index contributed by atoms with van der Waals surface area (Å²) in [6, 6.07) is 5.02. The fourth-order valence-electron chi connectivity index (χ4n) is 1.74. The molecule has 0 radical (unpaired) electrons. The van der Waals surface area contributed by atoms with Gasteiger partial charge in [0.15, 0.2) is 6.61 Å². The van der Waals surface area contributed by atoms with Gasteiger partial charge in [-0.05, 0) is 31.1 Å². The lowest BCUT2D eigenvalue weighted by Crippen LogP contribution is -2.29. The van der Waals surface area contributed by atoms with Crippen molar-refractivity contribution in [2.24, 2.45) is 0 Å². The first kappa shape index (κ1) is 21.0. The van der Waals surface area contributed by atoms with Crippen molar-refractivity contribution in [2.45, 2.75) is 19.8 Å². The third kappa shape index (κ3) is 8.56. The van der Waals surface area contributed by atoms with Crippen LogP contribution in [0.15, 0.2) is 24.3 Å². The zero-order valence-corrected chi connectivity index (χ0v) is 15.2. The van der Waals surface area contributed by atoms with E-state index in [4.69, 9.17) is 32.7 Å². The van der Waals surface area contributed by atoms with Crippen LogP contribution in [0.2, 0.25) is 10.0 Å². The number of carbonyl (C=O) groups excluding carboxylic acids is 3. The molecule has 8 heteroatoms. The van der Waals surface area contributed by atoms with Gasteiger partial charge < -0.3 is 14.8 Å². The normalized spacial score (nSPS) is 10.5. The van der Waals surface area contributed by atoms with Crippen molar-refractivity contribution in [3.05, 3.63) is 39.9 Å². The Kier molecular flexibility index (Phi) is 9.65. The summed E-state index contributed by atoms with van der Waals surface area (Å²) >= 11 is 11.9. The summed E-state index contributed by atoms with van der Waals surface area (Å²) in [7, 11) is 0. The Bertz CT molecular complexity index is 646. The molecule has 0 atom stereocenters. The summed E-state index contributed by atoms with van der Waals surface area (Å²) < 4.78 is 9.57. The number of esters is 2. The van der Waals surface area contributed by atoms with E-state index in [1.54, 1.807) is 25.1 Å². The number of carbonyl (C=O) groups is 3. The minimum absolute atomic E-state index is 0.219. The number of rotatable bonds is 9. The average molecular weight is 388 g/mol. The Morgan fingerprint density at radius 2 is 1.96 bits per heavy atom. The fourth-order valence-corrected chi connectivity index (χ4v) is 2.11. The molecule has 1 aromatic rings. The molecule has 1 N–H and O–H groups in total. The quantitative estimate of drug-likeness (QED) is 0.400. The maximum atomic E-state index is 11.6. The van der Waals surface area contributed by atoms with E-state index >= 15 is 0 Å². The number of amides is 1. The maximum absolute atomic E-state index is 11.6. The van der Waals surface area contributed by atoms with E-state index in [2.05, 4.69) is 5.32 Å². The van der Waals surface area contributed by atoms with Crippen LogP contribution >= 0.6 is 23.2 Å². The minimum Gasteiger partial charge on any atom is -0.466 e. The van der Waals surface area contributed by atoms with Gasteiger partial charge in [-0.1, -0.05) is 35.3 Å². The van der Waals surface area contributed by atoms with Gasteiger partial charge in [-0.15, -0.1) is 0 Å². The summed E-state index contributed by atoms with van der Waals surface area (Å²) in [4.78, 5) is 34.2. The third-order valence-electron chi connectivity index (χ3n) is 2.91. The zero-order valence-electron chi connectivity index (χ0n) is 13.7. The van der Waals surface area contributed by atoms with Crippen LogP contribution in [0.1, 0.15) is 25.3 Å². The van der Waals surface area contributed by atoms with Gasteiger partial charge in [0, 0.05) is 19.0 Å². The summed E-state index contributed by atoms with van der Waals surface area (Å²) in [5, 5.41) is 3.24. The Morgan fingerprint density at radius 3 is 2.68 bits per heavy atom. The van der Waals surface area contributed by atoms with Gasteiger partial charge in [0.25, 0.3) is 5.91 Å². The monoisotopic (exact) mass is 387 g/mol. The molecule has 25 heavy (non-hydrogen) atoms. The second-order valence-corrected chi connectivity index (χ2v) is 5.63. The SMILES string of the molecule is CCOC(=O)CCCNC(=O)COC(=O)/C=C/c1cccc(Cl)c1Cl. The van der Waals surface area contributed by atoms with E-state index in [1.165, 1.54) is 6.08 Å². The fraction of sp³-hybridized carbons (Fsp3) is 0.353. The van der Waals surface area contributed by atoms with Gasteiger partial charge in [0.2, 0.25) is 0 Å². The largest absolute Gasteiger partial charge is 0.466 e. The van der Waals surface area contributed by atoms with Gasteiger partial charge in [-0.2, -0.15) is 0 Å². The van der Waals surface area contributed by atoms with Crippen molar-refractivity contribution in [2.75, 3.05) is 19.8 Å². The highest BCUT2D eigenvalue weighted by atomic mass is 35.5. The highest BCUT2D eigenvalue weighted by molar-refractivity contribution is 6.42. The van der Waals surface area contributed by atoms with Crippen LogP contribution in [0.3, 0.4) is 0 Å². The number of halogens is 2. The molecule has 0 aromatic heterocycles. The van der Waals surface area contributed by atoms with Crippen molar-refractivity contribution >= 4 is 47.1 Å². The van der Waals surface area contributed by atoms with Gasteiger partial charge in [0.05, 0.1) is 16.7 Å². The molecule has 0 aliphatic heterocycles. The topological polar surface area (TPSA) is 81.7 Å². The number of hydrogen-bond acceptors (Lipinski definition) is 5. The molecule has 0 saturated heterocycles. The lowest BCUT2D eigenvalue weighted by Gasteiger charge is -2.05. The standard InChI is InChI=1S/C17H19Cl2NO5/c1-2-24-15(22)7-4-10-20-14(21)11-25-16(23)9-8-12-5-3-6-13(18)17(12)19/h3,5-6,8-9H,2,4,7,10-11H2,1H3,(H,20,21)/b9-8+. The Labute approximate surface area is 156 Å². The molecule has 0 aliphatic carbocycles. The second kappa shape index (κ2) is 11.5. The minimum atomic E-state index is -0.683. The van der Waals surface area contributed by atoms with E-state index in [-0.39, 0.29) is 12.4 Å². The van der Waals surface area contributed by atoms with Gasteiger partial charge in [0.1, 0.15) is 0 Å². The van der Waals surface area contributed by atoms with Crippen LogP contribution in [-0.4, -0.2) is 37.6 Å². The molecule has 0 spiro atoms. The third-order valence-corrected chi connectivity index (χ3v) is 3.74. The molecule has 1 rings (SSSR count). The van der Waals surface area contributed by atoms with Crippen molar-refractivity contribution in [1.29, 1.82) is 0 Å². The molecule has 0 aliphatic rings. The van der Waals surface area contributed by atoms with Crippen LogP contribution in [0.5, 0.6) is 0 Å². The summed E-state index contributed by atoms with van der Waals surface area (Å²) in [6.07, 6.45) is 3.28. The molecule has 0 unspecified atom stereocenters. The number of hydrogen-bond donors (Lipinski definition) is 1. The lowest BCUT2D eigenvalue weighted by molar-refractivity contribution is -0.143. The summed E-state index contributed by atoms with van der Waals surface area (Å²) in [6.45, 7) is 1.94. The molecule has 1 amide bonds. The molecule has 0 fully saturated rings. The van der Waals surface area contributed by atoms with Crippen LogP contribution in [0.4, 0.5) is 0 Å². The molecule has 0 saturated carbocycles. The first-order valence-electron chi connectivity index (χ1n) is 7.65. The Balaban J connectivity index is 2.27. The van der Waals surface area contributed by atoms with Crippen molar-refractivity contribution in [3.8, 4) is 0 Å². The average Bonchev–Trinajstić information content (AvgIpc) is 2.58. The van der Waals surface area contributed by atoms with Gasteiger partial charge in [-0.3, -0.25) is 9.59 Å². The van der Waals surface area contributed by atoms with Crippen molar-refractivity contribution in [1.82, 2.24) is 5.32 Å². The predicted molar refractivity (Wildman–Crippen MR) is 95.3 cm³/mol. The van der Waals surface area contributed by atoms with Crippen LogP contribution < -0.4 is 5.32 Å². The van der Waals surface area contributed by atoms with E-state index in [1.807, 2.05) is 0 Å². The summed E-state index contributed by atoms with van der Waals surface area (Å²) in [5.74, 6) is -1.45. The van der Waals surface area contributed by atoms with Crippen LogP contribution in [0, 0.1) is 0 Å². The predicted octanol–water partition coefficient (Wildman–Crippen LogP) is 3.01. The van der Waals surface area contributed by atoms with Gasteiger partial charge in [-0.25, -0.2) is 4.79 Å².